The first kappa shape index (κ1) is 12.5. The summed E-state index contributed by atoms with van der Waals surface area (Å²) in [6.07, 6.45) is 1.66. The van der Waals surface area contributed by atoms with Crippen molar-refractivity contribution in [2.75, 3.05) is 6.54 Å². The van der Waals surface area contributed by atoms with Crippen LogP contribution in [-0.2, 0) is 19.4 Å². The van der Waals surface area contributed by atoms with E-state index >= 15 is 0 Å². The van der Waals surface area contributed by atoms with Crippen LogP contribution in [0.4, 0.5) is 0 Å². The zero-order valence-corrected chi connectivity index (χ0v) is 12.0. The molecule has 0 fully saturated rings. The Balaban J connectivity index is 1.69. The highest BCUT2D eigenvalue weighted by molar-refractivity contribution is 5.74. The van der Waals surface area contributed by atoms with Crippen LogP contribution in [0, 0.1) is 6.92 Å². The highest BCUT2D eigenvalue weighted by Crippen LogP contribution is 2.17. The Labute approximate surface area is 122 Å². The molecule has 1 aliphatic rings. The number of nitrogens with zero attached hydrogens (tertiary/aromatic N) is 3. The van der Waals surface area contributed by atoms with Gasteiger partial charge in [0.15, 0.2) is 0 Å². The Bertz CT molecular complexity index is 773. The number of aromatic nitrogens is 4. The molecular weight excluding hydrogens is 262 g/mol. The number of aryl methyl sites for hydroxylation is 1. The molecule has 21 heavy (non-hydrogen) atoms. The largest absolute Gasteiger partial charge is 0.342 e. The van der Waals surface area contributed by atoms with Crippen LogP contribution in [0.3, 0.4) is 0 Å². The minimum Gasteiger partial charge on any atom is -0.342 e. The molecule has 0 amide bonds. The van der Waals surface area contributed by atoms with Crippen molar-refractivity contribution < 1.29 is 0 Å². The highest BCUT2D eigenvalue weighted by Gasteiger charge is 2.15. The van der Waals surface area contributed by atoms with E-state index < -0.39 is 0 Å². The molecular formula is C16H17N5. The number of imidazole rings is 1. The molecule has 1 aliphatic heterocycles. The summed E-state index contributed by atoms with van der Waals surface area (Å²) in [7, 11) is 0. The van der Waals surface area contributed by atoms with Crippen molar-refractivity contribution in [3.63, 3.8) is 0 Å². The van der Waals surface area contributed by atoms with Crippen molar-refractivity contribution in [1.29, 1.82) is 0 Å². The quantitative estimate of drug-likeness (QED) is 0.752. The van der Waals surface area contributed by atoms with Crippen LogP contribution in [0.1, 0.15) is 28.6 Å². The van der Waals surface area contributed by atoms with E-state index in [4.69, 9.17) is 4.98 Å². The van der Waals surface area contributed by atoms with Gasteiger partial charge in [0.05, 0.1) is 23.1 Å². The van der Waals surface area contributed by atoms with E-state index in [1.54, 1.807) is 0 Å². The monoisotopic (exact) mass is 279 g/mol. The van der Waals surface area contributed by atoms with Crippen LogP contribution in [-0.4, -0.2) is 26.5 Å². The van der Waals surface area contributed by atoms with Crippen molar-refractivity contribution in [3.05, 3.63) is 52.9 Å². The molecule has 5 nitrogen and oxygen atoms in total. The molecule has 0 radical (unpaired) electrons. The standard InChI is InChI=1S/C16H17N5/c1-10-11-6-7-17-9-14(11)21-15(18-10)8-16-19-12-4-2-3-5-13(12)20-16/h2-5,17H,6-9H2,1H3,(H,19,20). The summed E-state index contributed by atoms with van der Waals surface area (Å²) in [5.41, 5.74) is 5.60. The van der Waals surface area contributed by atoms with Gasteiger partial charge in [-0.15, -0.1) is 0 Å². The van der Waals surface area contributed by atoms with Crippen LogP contribution >= 0.6 is 0 Å². The summed E-state index contributed by atoms with van der Waals surface area (Å²) in [5, 5.41) is 3.37. The molecule has 3 aromatic rings. The average molecular weight is 279 g/mol. The Morgan fingerprint density at radius 3 is 2.95 bits per heavy atom. The predicted molar refractivity (Wildman–Crippen MR) is 81.1 cm³/mol. The maximum absolute atomic E-state index is 4.71. The van der Waals surface area contributed by atoms with E-state index in [9.17, 15) is 0 Å². The molecule has 0 atom stereocenters. The van der Waals surface area contributed by atoms with Crippen LogP contribution < -0.4 is 5.32 Å². The summed E-state index contributed by atoms with van der Waals surface area (Å²) in [6.45, 7) is 3.93. The number of rotatable bonds is 2. The molecule has 0 bridgehead atoms. The number of para-hydroxylation sites is 2. The number of benzene rings is 1. The van der Waals surface area contributed by atoms with Crippen molar-refractivity contribution in [3.8, 4) is 0 Å². The molecule has 0 saturated heterocycles. The first-order valence-electron chi connectivity index (χ1n) is 7.29. The summed E-state index contributed by atoms with van der Waals surface area (Å²) < 4.78 is 0. The van der Waals surface area contributed by atoms with Crippen molar-refractivity contribution in [2.24, 2.45) is 0 Å². The second kappa shape index (κ2) is 4.93. The number of fused-ring (bicyclic) bond motifs is 2. The Kier molecular flexibility index (Phi) is 2.93. The third-order valence-electron chi connectivity index (χ3n) is 3.95. The van der Waals surface area contributed by atoms with E-state index in [1.807, 2.05) is 24.3 Å². The lowest BCUT2D eigenvalue weighted by Crippen LogP contribution is -2.26. The fourth-order valence-corrected chi connectivity index (χ4v) is 2.93. The van der Waals surface area contributed by atoms with E-state index in [2.05, 4.69) is 27.2 Å². The molecule has 1 aromatic carbocycles. The summed E-state index contributed by atoms with van der Waals surface area (Å²) in [4.78, 5) is 17.3. The normalized spacial score (nSPS) is 14.3. The predicted octanol–water partition coefficient (Wildman–Crippen LogP) is 1.90. The minimum absolute atomic E-state index is 0.642. The molecule has 3 heterocycles. The second-order valence-electron chi connectivity index (χ2n) is 5.45. The topological polar surface area (TPSA) is 66.5 Å². The van der Waals surface area contributed by atoms with Crippen molar-refractivity contribution in [1.82, 2.24) is 25.3 Å². The van der Waals surface area contributed by atoms with Crippen LogP contribution in [0.2, 0.25) is 0 Å². The number of nitrogens with one attached hydrogen (secondary N) is 2. The number of hydrogen-bond donors (Lipinski definition) is 2. The van der Waals surface area contributed by atoms with Crippen molar-refractivity contribution in [2.45, 2.75) is 26.3 Å². The lowest BCUT2D eigenvalue weighted by Gasteiger charge is -2.18. The van der Waals surface area contributed by atoms with Crippen LogP contribution in [0.25, 0.3) is 11.0 Å². The van der Waals surface area contributed by atoms with E-state index in [0.29, 0.717) is 6.42 Å². The summed E-state index contributed by atoms with van der Waals surface area (Å²) >= 11 is 0. The molecule has 5 heteroatoms. The Morgan fingerprint density at radius 1 is 1.14 bits per heavy atom. The zero-order chi connectivity index (χ0) is 14.2. The molecule has 2 N–H and O–H groups in total. The van der Waals surface area contributed by atoms with Gasteiger partial charge in [-0.2, -0.15) is 0 Å². The lowest BCUT2D eigenvalue weighted by atomic mass is 10.0. The molecule has 0 aliphatic carbocycles. The fraction of sp³-hybridized carbons (Fsp3) is 0.312. The third kappa shape index (κ3) is 2.29. The lowest BCUT2D eigenvalue weighted by molar-refractivity contribution is 0.612. The molecule has 0 unspecified atom stereocenters. The average Bonchev–Trinajstić information content (AvgIpc) is 2.89. The first-order valence-corrected chi connectivity index (χ1v) is 7.29. The van der Waals surface area contributed by atoms with Crippen LogP contribution in [0.15, 0.2) is 24.3 Å². The summed E-state index contributed by atoms with van der Waals surface area (Å²) in [6, 6.07) is 8.06. The van der Waals surface area contributed by atoms with E-state index in [-0.39, 0.29) is 0 Å². The number of H-pyrrole nitrogens is 1. The maximum Gasteiger partial charge on any atom is 0.136 e. The zero-order valence-electron chi connectivity index (χ0n) is 12.0. The molecule has 2 aromatic heterocycles. The van der Waals surface area contributed by atoms with Gasteiger partial charge in [0.25, 0.3) is 0 Å². The van der Waals surface area contributed by atoms with Gasteiger partial charge in [-0.05, 0) is 37.6 Å². The minimum atomic E-state index is 0.642. The van der Waals surface area contributed by atoms with Gasteiger partial charge >= 0.3 is 0 Å². The van der Waals surface area contributed by atoms with E-state index in [0.717, 1.165) is 53.6 Å². The fourth-order valence-electron chi connectivity index (χ4n) is 2.93. The van der Waals surface area contributed by atoms with Gasteiger partial charge in [-0.3, -0.25) is 0 Å². The second-order valence-corrected chi connectivity index (χ2v) is 5.45. The van der Waals surface area contributed by atoms with Gasteiger partial charge in [0.2, 0.25) is 0 Å². The maximum atomic E-state index is 4.71. The highest BCUT2D eigenvalue weighted by atomic mass is 15.0. The van der Waals surface area contributed by atoms with Gasteiger partial charge < -0.3 is 10.3 Å². The molecule has 0 spiro atoms. The molecule has 0 saturated carbocycles. The molecule has 106 valence electrons. The molecule has 4 rings (SSSR count). The Hall–Kier alpha value is -2.27. The van der Waals surface area contributed by atoms with Gasteiger partial charge in [0.1, 0.15) is 11.6 Å². The SMILES string of the molecule is Cc1nc(Cc2nc3ccccc3[nH]2)nc2c1CCNC2. The number of aromatic amines is 1. The van der Waals surface area contributed by atoms with Gasteiger partial charge in [0, 0.05) is 12.2 Å². The van der Waals surface area contributed by atoms with Crippen molar-refractivity contribution >= 4 is 11.0 Å². The van der Waals surface area contributed by atoms with Gasteiger partial charge in [-0.1, -0.05) is 12.1 Å². The first-order chi connectivity index (χ1) is 10.3. The summed E-state index contributed by atoms with van der Waals surface area (Å²) in [5.74, 6) is 1.76. The van der Waals surface area contributed by atoms with Crippen LogP contribution in [0.5, 0.6) is 0 Å². The number of hydrogen-bond acceptors (Lipinski definition) is 4. The third-order valence-corrected chi connectivity index (χ3v) is 3.95. The Morgan fingerprint density at radius 2 is 2.05 bits per heavy atom. The van der Waals surface area contributed by atoms with E-state index in [1.165, 1.54) is 5.56 Å². The van der Waals surface area contributed by atoms with Gasteiger partial charge in [-0.25, -0.2) is 15.0 Å². The smallest absolute Gasteiger partial charge is 0.136 e.